The number of aromatic nitrogens is 2. The molecule has 0 spiro atoms. The van der Waals surface area contributed by atoms with Crippen molar-refractivity contribution in [2.75, 3.05) is 0 Å². The monoisotopic (exact) mass is 252 g/mol. The van der Waals surface area contributed by atoms with E-state index in [1.165, 1.54) is 6.08 Å². The Morgan fingerprint density at radius 1 is 1.35 bits per heavy atom. The summed E-state index contributed by atoms with van der Waals surface area (Å²) in [5.41, 5.74) is 2.12. The molecule has 0 radical (unpaired) electrons. The van der Waals surface area contributed by atoms with Crippen LogP contribution in [0.1, 0.15) is 0 Å². The fourth-order valence-corrected chi connectivity index (χ4v) is 1.34. The van der Waals surface area contributed by atoms with Gasteiger partial charge in [0, 0.05) is 0 Å². The van der Waals surface area contributed by atoms with Gasteiger partial charge in [-0.1, -0.05) is 24.8 Å². The Labute approximate surface area is 99.3 Å². The number of fused-ring (bicyclic) bond motifs is 1. The summed E-state index contributed by atoms with van der Waals surface area (Å²) in [5, 5.41) is 0.653. The summed E-state index contributed by atoms with van der Waals surface area (Å²) >= 11 is 0. The molecule has 6 heteroatoms. The first-order valence-corrected chi connectivity index (χ1v) is 6.18. The second kappa shape index (κ2) is 5.97. The van der Waals surface area contributed by atoms with Crippen LogP contribution in [-0.2, 0) is 10.1 Å². The Balaban J connectivity index is 0.000000172. The zero-order chi connectivity index (χ0) is 12.7. The van der Waals surface area contributed by atoms with E-state index in [9.17, 15) is 8.42 Å². The number of nitrogens with one attached hydrogen (secondary N) is 1. The zero-order valence-corrected chi connectivity index (χ0v) is 9.76. The SMILES string of the molecule is C=CC=CS(=O)(=O)O.c1ccc2[nH]cnc2c1. The molecule has 0 aliphatic carbocycles. The molecule has 0 unspecified atom stereocenters. The molecule has 0 amide bonds. The average Bonchev–Trinajstić information content (AvgIpc) is 2.74. The number of H-pyrrole nitrogens is 1. The molecule has 2 aromatic rings. The molecule has 0 aliphatic rings. The number of aromatic amines is 1. The van der Waals surface area contributed by atoms with E-state index in [-0.39, 0.29) is 0 Å². The molecule has 0 saturated carbocycles. The van der Waals surface area contributed by atoms with Gasteiger partial charge in [-0.3, -0.25) is 4.55 Å². The van der Waals surface area contributed by atoms with E-state index in [1.54, 1.807) is 6.33 Å². The van der Waals surface area contributed by atoms with Crippen LogP contribution in [0.2, 0.25) is 0 Å². The third-order valence-corrected chi connectivity index (χ3v) is 2.22. The van der Waals surface area contributed by atoms with E-state index < -0.39 is 10.1 Å². The van der Waals surface area contributed by atoms with Crippen molar-refractivity contribution in [1.29, 1.82) is 0 Å². The molecular formula is C11H12N2O3S. The number of rotatable bonds is 2. The molecule has 2 rings (SSSR count). The van der Waals surface area contributed by atoms with Crippen molar-refractivity contribution >= 4 is 21.2 Å². The van der Waals surface area contributed by atoms with Gasteiger partial charge < -0.3 is 4.98 Å². The fraction of sp³-hybridized carbons (Fsp3) is 0. The molecule has 1 aromatic carbocycles. The highest BCUT2D eigenvalue weighted by atomic mass is 32.2. The second-order valence-electron chi connectivity index (χ2n) is 3.00. The van der Waals surface area contributed by atoms with Gasteiger partial charge in [-0.25, -0.2) is 4.98 Å². The van der Waals surface area contributed by atoms with Crippen LogP contribution in [0, 0.1) is 0 Å². The van der Waals surface area contributed by atoms with Crippen molar-refractivity contribution in [2.45, 2.75) is 0 Å². The highest BCUT2D eigenvalue weighted by Crippen LogP contribution is 2.05. The molecular weight excluding hydrogens is 240 g/mol. The van der Waals surface area contributed by atoms with E-state index in [0.29, 0.717) is 5.41 Å². The lowest BCUT2D eigenvalue weighted by molar-refractivity contribution is 0.494. The van der Waals surface area contributed by atoms with Gasteiger partial charge in [0.05, 0.1) is 22.8 Å². The largest absolute Gasteiger partial charge is 0.345 e. The summed E-state index contributed by atoms with van der Waals surface area (Å²) in [6.07, 6.45) is 4.09. The number of para-hydroxylation sites is 2. The van der Waals surface area contributed by atoms with Crippen molar-refractivity contribution in [1.82, 2.24) is 9.97 Å². The van der Waals surface area contributed by atoms with Gasteiger partial charge in [-0.05, 0) is 18.2 Å². The summed E-state index contributed by atoms with van der Waals surface area (Å²) in [7, 11) is -3.94. The molecule has 0 fully saturated rings. The number of hydrogen-bond donors (Lipinski definition) is 2. The topological polar surface area (TPSA) is 83.0 Å². The van der Waals surface area contributed by atoms with Crippen LogP contribution >= 0.6 is 0 Å². The van der Waals surface area contributed by atoms with Gasteiger partial charge in [0.15, 0.2) is 0 Å². The minimum absolute atomic E-state index is 0.653. The Morgan fingerprint density at radius 3 is 2.59 bits per heavy atom. The summed E-state index contributed by atoms with van der Waals surface area (Å²) in [5.74, 6) is 0. The first-order valence-electron chi connectivity index (χ1n) is 4.67. The zero-order valence-electron chi connectivity index (χ0n) is 8.95. The van der Waals surface area contributed by atoms with Crippen molar-refractivity contribution in [3.8, 4) is 0 Å². The third kappa shape index (κ3) is 5.10. The number of allylic oxidation sites excluding steroid dienone is 2. The minimum atomic E-state index is -3.94. The number of benzene rings is 1. The fourth-order valence-electron chi connectivity index (χ4n) is 1.03. The van der Waals surface area contributed by atoms with Crippen molar-refractivity contribution < 1.29 is 13.0 Å². The summed E-state index contributed by atoms with van der Waals surface area (Å²) < 4.78 is 27.6. The molecule has 2 N–H and O–H groups in total. The number of nitrogens with zero attached hydrogens (tertiary/aromatic N) is 1. The highest BCUT2D eigenvalue weighted by molar-refractivity contribution is 7.88. The van der Waals surface area contributed by atoms with E-state index >= 15 is 0 Å². The van der Waals surface area contributed by atoms with E-state index in [2.05, 4.69) is 16.5 Å². The normalized spacial score (nSPS) is 11.1. The maximum atomic E-state index is 9.81. The Hall–Kier alpha value is -1.92. The Kier molecular flexibility index (Phi) is 4.62. The van der Waals surface area contributed by atoms with Crippen molar-refractivity contribution in [2.24, 2.45) is 0 Å². The first kappa shape index (κ1) is 13.1. The third-order valence-electron chi connectivity index (χ3n) is 1.71. The van der Waals surface area contributed by atoms with Crippen LogP contribution in [0.4, 0.5) is 0 Å². The van der Waals surface area contributed by atoms with Crippen LogP contribution in [-0.4, -0.2) is 22.9 Å². The van der Waals surface area contributed by atoms with Gasteiger partial charge in [0.1, 0.15) is 0 Å². The van der Waals surface area contributed by atoms with Gasteiger partial charge in [-0.15, -0.1) is 0 Å². The second-order valence-corrected chi connectivity index (χ2v) is 4.30. The van der Waals surface area contributed by atoms with E-state index in [0.717, 1.165) is 17.1 Å². The molecule has 5 nitrogen and oxygen atoms in total. The van der Waals surface area contributed by atoms with Crippen LogP contribution in [0.3, 0.4) is 0 Å². The number of imidazole rings is 1. The highest BCUT2D eigenvalue weighted by Gasteiger charge is 1.90. The van der Waals surface area contributed by atoms with Crippen LogP contribution in [0.15, 0.2) is 54.7 Å². The predicted octanol–water partition coefficient (Wildman–Crippen LogP) is 2.14. The van der Waals surface area contributed by atoms with Gasteiger partial charge in [0.2, 0.25) is 0 Å². The number of hydrogen-bond acceptors (Lipinski definition) is 3. The molecule has 0 bridgehead atoms. The van der Waals surface area contributed by atoms with Crippen molar-refractivity contribution in [3.63, 3.8) is 0 Å². The first-order chi connectivity index (χ1) is 8.03. The molecule has 0 saturated heterocycles. The molecule has 17 heavy (non-hydrogen) atoms. The van der Waals surface area contributed by atoms with Crippen LogP contribution < -0.4 is 0 Å². The molecule has 0 atom stereocenters. The van der Waals surface area contributed by atoms with E-state index in [4.69, 9.17) is 4.55 Å². The lowest BCUT2D eigenvalue weighted by Crippen LogP contribution is -1.87. The predicted molar refractivity (Wildman–Crippen MR) is 67.0 cm³/mol. The van der Waals surface area contributed by atoms with Gasteiger partial charge >= 0.3 is 0 Å². The standard InChI is InChI=1S/C7H6N2.C4H6O3S/c1-2-4-7-6(3-1)8-5-9-7;1-2-3-4-8(5,6)7/h1-5H,(H,8,9);2-4H,1H2,(H,5,6,7). The lowest BCUT2D eigenvalue weighted by Gasteiger charge is -1.81. The quantitative estimate of drug-likeness (QED) is 0.633. The summed E-state index contributed by atoms with van der Waals surface area (Å²) in [4.78, 5) is 7.07. The van der Waals surface area contributed by atoms with Crippen molar-refractivity contribution in [3.05, 3.63) is 54.7 Å². The molecule has 0 aliphatic heterocycles. The van der Waals surface area contributed by atoms with E-state index in [1.807, 2.05) is 24.3 Å². The molecule has 90 valence electrons. The molecule has 1 aromatic heterocycles. The van der Waals surface area contributed by atoms with Crippen LogP contribution in [0.5, 0.6) is 0 Å². The van der Waals surface area contributed by atoms with Gasteiger partial charge in [-0.2, -0.15) is 8.42 Å². The van der Waals surface area contributed by atoms with Crippen LogP contribution in [0.25, 0.3) is 11.0 Å². The van der Waals surface area contributed by atoms with Gasteiger partial charge in [0.25, 0.3) is 10.1 Å². The maximum Gasteiger partial charge on any atom is 0.287 e. The minimum Gasteiger partial charge on any atom is -0.345 e. The smallest absolute Gasteiger partial charge is 0.287 e. The molecule has 1 heterocycles. The lowest BCUT2D eigenvalue weighted by atomic mass is 10.3. The summed E-state index contributed by atoms with van der Waals surface area (Å²) in [6, 6.07) is 7.94. The Bertz CT molecular complexity index is 584. The summed E-state index contributed by atoms with van der Waals surface area (Å²) in [6.45, 7) is 3.20. The Morgan fingerprint density at radius 2 is 2.06 bits per heavy atom. The maximum absolute atomic E-state index is 9.81. The average molecular weight is 252 g/mol.